The van der Waals surface area contributed by atoms with Gasteiger partial charge in [-0.1, -0.05) is 12.1 Å². The van der Waals surface area contributed by atoms with E-state index in [2.05, 4.69) is 16.0 Å². The minimum Gasteiger partial charge on any atom is -0.452 e. The van der Waals surface area contributed by atoms with Crippen LogP contribution in [0.4, 0.5) is 9.59 Å². The van der Waals surface area contributed by atoms with Gasteiger partial charge in [-0.3, -0.25) is 10.1 Å². The molecule has 1 aromatic carbocycles. The highest BCUT2D eigenvalue weighted by Crippen LogP contribution is 2.06. The van der Waals surface area contributed by atoms with Crippen LogP contribution in [0.3, 0.4) is 0 Å². The smallest absolute Gasteiger partial charge is 0.338 e. The van der Waals surface area contributed by atoms with Gasteiger partial charge in [0.15, 0.2) is 6.61 Å². The van der Waals surface area contributed by atoms with Crippen LogP contribution in [0, 0.1) is 0 Å². The van der Waals surface area contributed by atoms with Crippen LogP contribution >= 0.6 is 0 Å². The highest BCUT2D eigenvalue weighted by atomic mass is 16.5. The Morgan fingerprint density at radius 3 is 2.29 bits per heavy atom. The Kier molecular flexibility index (Phi) is 10.0. The second kappa shape index (κ2) is 12.3. The summed E-state index contributed by atoms with van der Waals surface area (Å²) in [6.07, 6.45) is 0. The summed E-state index contributed by atoms with van der Waals surface area (Å²) in [5, 5.41) is 9.82. The topological polar surface area (TPSA) is 135 Å². The number of esters is 1. The summed E-state index contributed by atoms with van der Waals surface area (Å²) in [4.78, 5) is 46.4. The molecule has 1 rings (SSSR count). The Morgan fingerprint density at radius 2 is 1.68 bits per heavy atom. The highest BCUT2D eigenvalue weighted by molar-refractivity contribution is 5.97. The molecule has 154 valence electrons. The molecule has 0 aliphatic rings. The normalized spacial score (nSPS) is 10.1. The van der Waals surface area contributed by atoms with Gasteiger partial charge >= 0.3 is 18.0 Å². The zero-order chi connectivity index (χ0) is 20.9. The van der Waals surface area contributed by atoms with E-state index in [0.717, 1.165) is 5.56 Å². The molecule has 0 saturated heterocycles. The summed E-state index contributed by atoms with van der Waals surface area (Å²) in [6, 6.07) is 5.42. The van der Waals surface area contributed by atoms with Crippen molar-refractivity contribution in [3.8, 4) is 0 Å². The van der Waals surface area contributed by atoms with Crippen LogP contribution < -0.4 is 21.3 Å². The summed E-state index contributed by atoms with van der Waals surface area (Å²) in [7, 11) is 1.48. The maximum absolute atomic E-state index is 11.9. The van der Waals surface area contributed by atoms with Crippen molar-refractivity contribution < 1.29 is 28.7 Å². The van der Waals surface area contributed by atoms with Gasteiger partial charge in [-0.25, -0.2) is 14.4 Å². The van der Waals surface area contributed by atoms with Gasteiger partial charge in [-0.15, -0.1) is 0 Å². The van der Waals surface area contributed by atoms with Gasteiger partial charge in [-0.05, 0) is 31.5 Å². The Bertz CT molecular complexity index is 675. The van der Waals surface area contributed by atoms with Gasteiger partial charge in [-0.2, -0.15) is 0 Å². The molecule has 0 aromatic heterocycles. The number of amides is 5. The standard InChI is InChI=1S/C18H26N4O6/c1-12(2)21-18(26)20-10-13-4-6-14(7-5-13)16(24)28-11-15(23)22-17(25)19-8-9-27-3/h4-7,12H,8-11H2,1-3H3,(H2,20,21,26)(H2,19,22,23,25). The van der Waals surface area contributed by atoms with Crippen LogP contribution in [0.2, 0.25) is 0 Å². The third kappa shape index (κ3) is 9.53. The lowest BCUT2D eigenvalue weighted by molar-refractivity contribution is -0.123. The molecular weight excluding hydrogens is 368 g/mol. The second-order valence-corrected chi connectivity index (χ2v) is 6.05. The number of benzene rings is 1. The highest BCUT2D eigenvalue weighted by Gasteiger charge is 2.12. The number of carbonyl (C=O) groups excluding carboxylic acids is 4. The van der Waals surface area contributed by atoms with Gasteiger partial charge in [0.05, 0.1) is 12.2 Å². The SMILES string of the molecule is COCCNC(=O)NC(=O)COC(=O)c1ccc(CNC(=O)NC(C)C)cc1. The first-order chi connectivity index (χ1) is 13.3. The number of ether oxygens (including phenoxy) is 2. The van der Waals surface area contributed by atoms with E-state index in [1.807, 2.05) is 19.2 Å². The number of urea groups is 2. The molecule has 10 heteroatoms. The fourth-order valence-corrected chi connectivity index (χ4v) is 1.94. The number of carbonyl (C=O) groups is 4. The summed E-state index contributed by atoms with van der Waals surface area (Å²) >= 11 is 0. The molecule has 0 spiro atoms. The van der Waals surface area contributed by atoms with Crippen LogP contribution in [-0.4, -0.2) is 56.8 Å². The zero-order valence-electron chi connectivity index (χ0n) is 16.2. The molecule has 4 N–H and O–H groups in total. The first-order valence-corrected chi connectivity index (χ1v) is 8.69. The van der Waals surface area contributed by atoms with Crippen molar-refractivity contribution in [3.63, 3.8) is 0 Å². The van der Waals surface area contributed by atoms with Crippen LogP contribution in [0.1, 0.15) is 29.8 Å². The maximum atomic E-state index is 11.9. The maximum Gasteiger partial charge on any atom is 0.338 e. The number of methoxy groups -OCH3 is 1. The summed E-state index contributed by atoms with van der Waals surface area (Å²) in [5.41, 5.74) is 1.04. The zero-order valence-corrected chi connectivity index (χ0v) is 16.2. The number of hydrogen-bond donors (Lipinski definition) is 4. The van der Waals surface area contributed by atoms with Crippen LogP contribution in [-0.2, 0) is 20.8 Å². The molecule has 0 aliphatic carbocycles. The van der Waals surface area contributed by atoms with Gasteiger partial charge in [0, 0.05) is 26.2 Å². The molecule has 28 heavy (non-hydrogen) atoms. The van der Waals surface area contributed by atoms with E-state index in [9.17, 15) is 19.2 Å². The minimum absolute atomic E-state index is 0.0331. The molecule has 0 fully saturated rings. The van der Waals surface area contributed by atoms with Gasteiger partial charge in [0.2, 0.25) is 0 Å². The molecule has 1 aromatic rings. The first-order valence-electron chi connectivity index (χ1n) is 8.69. The van der Waals surface area contributed by atoms with E-state index in [0.29, 0.717) is 13.2 Å². The average Bonchev–Trinajstić information content (AvgIpc) is 2.64. The third-order valence-corrected chi connectivity index (χ3v) is 3.24. The Hall–Kier alpha value is -3.14. The Balaban J connectivity index is 2.37. The van der Waals surface area contributed by atoms with Crippen molar-refractivity contribution in [2.24, 2.45) is 0 Å². The lowest BCUT2D eigenvalue weighted by Crippen LogP contribution is -2.42. The molecule has 0 radical (unpaired) electrons. The molecule has 0 atom stereocenters. The largest absolute Gasteiger partial charge is 0.452 e. The Labute approximate surface area is 163 Å². The van der Waals surface area contributed by atoms with Crippen molar-refractivity contribution in [2.45, 2.75) is 26.4 Å². The molecular formula is C18H26N4O6. The lowest BCUT2D eigenvalue weighted by Gasteiger charge is -2.10. The van der Waals surface area contributed by atoms with E-state index in [1.165, 1.54) is 19.2 Å². The quantitative estimate of drug-likeness (QED) is 0.356. The number of nitrogens with one attached hydrogen (secondary N) is 4. The fourth-order valence-electron chi connectivity index (χ4n) is 1.94. The molecule has 0 unspecified atom stereocenters. The predicted octanol–water partition coefficient (Wildman–Crippen LogP) is 0.523. The van der Waals surface area contributed by atoms with E-state index in [-0.39, 0.29) is 24.2 Å². The van der Waals surface area contributed by atoms with Crippen molar-refractivity contribution in [3.05, 3.63) is 35.4 Å². The summed E-state index contributed by atoms with van der Waals surface area (Å²) in [5.74, 6) is -1.45. The molecule has 0 saturated carbocycles. The molecule has 0 aliphatic heterocycles. The van der Waals surface area contributed by atoms with Crippen molar-refractivity contribution in [2.75, 3.05) is 26.9 Å². The van der Waals surface area contributed by atoms with Crippen molar-refractivity contribution in [1.29, 1.82) is 0 Å². The van der Waals surface area contributed by atoms with Crippen LogP contribution in [0.5, 0.6) is 0 Å². The van der Waals surface area contributed by atoms with Crippen molar-refractivity contribution in [1.82, 2.24) is 21.3 Å². The summed E-state index contributed by atoms with van der Waals surface area (Å²) in [6.45, 7) is 3.98. The first kappa shape index (κ1) is 22.9. The third-order valence-electron chi connectivity index (χ3n) is 3.24. The minimum atomic E-state index is -0.750. The molecule has 0 heterocycles. The number of imide groups is 1. The molecule has 5 amide bonds. The van der Waals surface area contributed by atoms with E-state index in [1.54, 1.807) is 12.1 Å². The molecule has 10 nitrogen and oxygen atoms in total. The predicted molar refractivity (Wildman–Crippen MR) is 101 cm³/mol. The second-order valence-electron chi connectivity index (χ2n) is 6.05. The van der Waals surface area contributed by atoms with Gasteiger partial charge in [0.25, 0.3) is 5.91 Å². The monoisotopic (exact) mass is 394 g/mol. The average molecular weight is 394 g/mol. The molecule has 0 bridgehead atoms. The van der Waals surface area contributed by atoms with Gasteiger partial charge < -0.3 is 25.4 Å². The van der Waals surface area contributed by atoms with Crippen molar-refractivity contribution >= 4 is 23.9 Å². The Morgan fingerprint density at radius 1 is 1.00 bits per heavy atom. The summed E-state index contributed by atoms with van der Waals surface area (Å²) < 4.78 is 9.62. The number of rotatable bonds is 9. The van der Waals surface area contributed by atoms with Crippen LogP contribution in [0.15, 0.2) is 24.3 Å². The van der Waals surface area contributed by atoms with Crippen LogP contribution in [0.25, 0.3) is 0 Å². The lowest BCUT2D eigenvalue weighted by atomic mass is 10.1. The van der Waals surface area contributed by atoms with Gasteiger partial charge in [0.1, 0.15) is 0 Å². The fraction of sp³-hybridized carbons (Fsp3) is 0.444. The number of hydrogen-bond acceptors (Lipinski definition) is 6. The van der Waals surface area contributed by atoms with E-state index >= 15 is 0 Å². The van der Waals surface area contributed by atoms with E-state index < -0.39 is 24.5 Å². The van der Waals surface area contributed by atoms with E-state index in [4.69, 9.17) is 9.47 Å².